The van der Waals surface area contributed by atoms with Crippen LogP contribution in [0.4, 0.5) is 0 Å². The van der Waals surface area contributed by atoms with E-state index in [9.17, 15) is 4.79 Å². The van der Waals surface area contributed by atoms with Gasteiger partial charge in [0.15, 0.2) is 0 Å². The van der Waals surface area contributed by atoms with Crippen molar-refractivity contribution in [2.45, 2.75) is 65.2 Å². The van der Waals surface area contributed by atoms with Gasteiger partial charge in [0.1, 0.15) is 0 Å². The summed E-state index contributed by atoms with van der Waals surface area (Å²) >= 11 is 0. The van der Waals surface area contributed by atoms with Crippen LogP contribution in [0.3, 0.4) is 0 Å². The van der Waals surface area contributed by atoms with Crippen molar-refractivity contribution in [1.29, 1.82) is 0 Å². The van der Waals surface area contributed by atoms with E-state index in [1.165, 1.54) is 32.1 Å². The van der Waals surface area contributed by atoms with Gasteiger partial charge in [0.25, 0.3) is 0 Å². The van der Waals surface area contributed by atoms with Gasteiger partial charge >= 0.3 is 0 Å². The molecular formula is C17H32N2O. The summed E-state index contributed by atoms with van der Waals surface area (Å²) in [5.74, 6) is 2.16. The molecule has 2 aliphatic carbocycles. The Hall–Kier alpha value is -0.570. The lowest BCUT2D eigenvalue weighted by molar-refractivity contribution is -0.132. The molecule has 0 spiro atoms. The van der Waals surface area contributed by atoms with Crippen LogP contribution in [0.25, 0.3) is 0 Å². The zero-order valence-electron chi connectivity index (χ0n) is 13.3. The summed E-state index contributed by atoms with van der Waals surface area (Å²) in [6.07, 6.45) is 9.41. The monoisotopic (exact) mass is 280 g/mol. The van der Waals surface area contributed by atoms with Crippen LogP contribution >= 0.6 is 0 Å². The Labute approximate surface area is 124 Å². The normalized spacial score (nSPS) is 29.0. The van der Waals surface area contributed by atoms with E-state index in [0.29, 0.717) is 23.7 Å². The van der Waals surface area contributed by atoms with Crippen LogP contribution in [0.5, 0.6) is 0 Å². The molecule has 0 saturated heterocycles. The molecule has 2 saturated carbocycles. The first kappa shape index (κ1) is 15.8. The van der Waals surface area contributed by atoms with Crippen molar-refractivity contribution in [3.05, 3.63) is 0 Å². The van der Waals surface area contributed by atoms with Crippen molar-refractivity contribution in [1.82, 2.24) is 5.32 Å². The van der Waals surface area contributed by atoms with Gasteiger partial charge in [-0.1, -0.05) is 33.1 Å². The first-order valence-electron chi connectivity index (χ1n) is 8.56. The van der Waals surface area contributed by atoms with Crippen molar-refractivity contribution < 1.29 is 4.79 Å². The summed E-state index contributed by atoms with van der Waals surface area (Å²) in [6, 6.07) is 0. The molecule has 1 amide bonds. The predicted octanol–water partition coefficient (Wildman–Crippen LogP) is 3.08. The molecule has 0 aromatic rings. The van der Waals surface area contributed by atoms with E-state index in [4.69, 9.17) is 5.73 Å². The highest BCUT2D eigenvalue weighted by Gasteiger charge is 2.41. The number of rotatable bonds is 6. The van der Waals surface area contributed by atoms with Gasteiger partial charge in [0.2, 0.25) is 5.91 Å². The van der Waals surface area contributed by atoms with E-state index >= 15 is 0 Å². The Morgan fingerprint density at radius 1 is 1.20 bits per heavy atom. The van der Waals surface area contributed by atoms with Gasteiger partial charge in [-0.2, -0.15) is 0 Å². The molecule has 2 fully saturated rings. The fourth-order valence-corrected chi connectivity index (χ4v) is 4.46. The zero-order chi connectivity index (χ0) is 14.6. The summed E-state index contributed by atoms with van der Waals surface area (Å²) in [5, 5.41) is 3.28. The van der Waals surface area contributed by atoms with Crippen LogP contribution in [0, 0.1) is 23.2 Å². The molecule has 3 N–H and O–H groups in total. The fourth-order valence-electron chi connectivity index (χ4n) is 4.46. The third-order valence-corrected chi connectivity index (χ3v) is 5.49. The van der Waals surface area contributed by atoms with E-state index in [0.717, 1.165) is 32.4 Å². The molecule has 2 aliphatic rings. The molecule has 0 aliphatic heterocycles. The van der Waals surface area contributed by atoms with Crippen LogP contribution in [-0.4, -0.2) is 19.0 Å². The Morgan fingerprint density at radius 3 is 2.45 bits per heavy atom. The lowest BCUT2D eigenvalue weighted by Gasteiger charge is -2.30. The predicted molar refractivity (Wildman–Crippen MR) is 83.3 cm³/mol. The minimum atomic E-state index is -0.0645. The molecule has 20 heavy (non-hydrogen) atoms. The highest BCUT2D eigenvalue weighted by atomic mass is 16.2. The first-order chi connectivity index (χ1) is 9.57. The second-order valence-electron chi connectivity index (χ2n) is 7.48. The largest absolute Gasteiger partial charge is 0.355 e. The van der Waals surface area contributed by atoms with Gasteiger partial charge in [-0.25, -0.2) is 0 Å². The maximum absolute atomic E-state index is 12.7. The van der Waals surface area contributed by atoms with Gasteiger partial charge in [-0.15, -0.1) is 0 Å². The SMILES string of the molecule is CC(C)CC1(C(=O)NCC2CCCC2CN)CCCC1. The Kier molecular flexibility index (Phi) is 5.48. The average molecular weight is 280 g/mol. The van der Waals surface area contributed by atoms with Crippen LogP contribution in [0.2, 0.25) is 0 Å². The maximum Gasteiger partial charge on any atom is 0.226 e. The quantitative estimate of drug-likeness (QED) is 0.785. The molecule has 3 nitrogen and oxygen atoms in total. The van der Waals surface area contributed by atoms with Crippen LogP contribution in [0.15, 0.2) is 0 Å². The van der Waals surface area contributed by atoms with Crippen LogP contribution in [0.1, 0.15) is 65.2 Å². The third kappa shape index (κ3) is 3.55. The molecule has 0 heterocycles. The van der Waals surface area contributed by atoms with Gasteiger partial charge in [-0.05, 0) is 56.4 Å². The number of hydrogen-bond acceptors (Lipinski definition) is 2. The molecule has 2 unspecified atom stereocenters. The highest BCUT2D eigenvalue weighted by Crippen LogP contribution is 2.43. The third-order valence-electron chi connectivity index (χ3n) is 5.49. The van der Waals surface area contributed by atoms with Crippen molar-refractivity contribution in [3.8, 4) is 0 Å². The zero-order valence-corrected chi connectivity index (χ0v) is 13.3. The second kappa shape index (κ2) is 6.93. The molecular weight excluding hydrogens is 248 g/mol. The van der Waals surface area contributed by atoms with Gasteiger partial charge in [0, 0.05) is 12.0 Å². The fraction of sp³-hybridized carbons (Fsp3) is 0.941. The Bertz CT molecular complexity index is 321. The summed E-state index contributed by atoms with van der Waals surface area (Å²) in [5.41, 5.74) is 5.77. The number of nitrogens with one attached hydrogen (secondary N) is 1. The number of carbonyl (C=O) groups excluding carboxylic acids is 1. The Morgan fingerprint density at radius 2 is 1.85 bits per heavy atom. The van der Waals surface area contributed by atoms with Crippen molar-refractivity contribution in [3.63, 3.8) is 0 Å². The summed E-state index contributed by atoms with van der Waals surface area (Å²) in [4.78, 5) is 12.7. The highest BCUT2D eigenvalue weighted by molar-refractivity contribution is 5.82. The minimum absolute atomic E-state index is 0.0645. The van der Waals surface area contributed by atoms with E-state index in [-0.39, 0.29) is 5.41 Å². The molecule has 0 aromatic heterocycles. The van der Waals surface area contributed by atoms with Crippen molar-refractivity contribution in [2.24, 2.45) is 28.9 Å². The van der Waals surface area contributed by atoms with Gasteiger partial charge in [0.05, 0.1) is 0 Å². The number of hydrogen-bond donors (Lipinski definition) is 2. The maximum atomic E-state index is 12.7. The molecule has 0 aromatic carbocycles. The molecule has 2 rings (SSSR count). The number of nitrogens with two attached hydrogens (primary N) is 1. The van der Waals surface area contributed by atoms with E-state index in [2.05, 4.69) is 19.2 Å². The lowest BCUT2D eigenvalue weighted by atomic mass is 9.77. The van der Waals surface area contributed by atoms with E-state index < -0.39 is 0 Å². The Balaban J connectivity index is 1.89. The van der Waals surface area contributed by atoms with Crippen molar-refractivity contribution in [2.75, 3.05) is 13.1 Å². The molecule has 0 radical (unpaired) electrons. The summed E-state index contributed by atoms with van der Waals surface area (Å²) in [7, 11) is 0. The number of carbonyl (C=O) groups is 1. The summed E-state index contributed by atoms with van der Waals surface area (Å²) in [6.45, 7) is 6.09. The smallest absolute Gasteiger partial charge is 0.226 e. The second-order valence-corrected chi connectivity index (χ2v) is 7.48. The average Bonchev–Trinajstić information content (AvgIpc) is 3.04. The summed E-state index contributed by atoms with van der Waals surface area (Å²) < 4.78 is 0. The molecule has 116 valence electrons. The molecule has 0 bridgehead atoms. The van der Waals surface area contributed by atoms with Gasteiger partial charge in [-0.3, -0.25) is 4.79 Å². The van der Waals surface area contributed by atoms with Crippen molar-refractivity contribution >= 4 is 5.91 Å². The molecule has 3 heteroatoms. The topological polar surface area (TPSA) is 55.1 Å². The van der Waals surface area contributed by atoms with E-state index in [1.54, 1.807) is 0 Å². The van der Waals surface area contributed by atoms with Crippen LogP contribution < -0.4 is 11.1 Å². The minimum Gasteiger partial charge on any atom is -0.355 e. The van der Waals surface area contributed by atoms with E-state index in [1.807, 2.05) is 0 Å². The van der Waals surface area contributed by atoms with Gasteiger partial charge < -0.3 is 11.1 Å². The number of amides is 1. The molecule has 2 atom stereocenters. The lowest BCUT2D eigenvalue weighted by Crippen LogP contribution is -2.43. The standard InChI is InChI=1S/C17H32N2O/c1-13(2)10-17(8-3-4-9-17)16(20)19-12-15-7-5-6-14(15)11-18/h13-15H,3-12,18H2,1-2H3,(H,19,20). The van der Waals surface area contributed by atoms with Crippen LogP contribution in [-0.2, 0) is 4.79 Å². The first-order valence-corrected chi connectivity index (χ1v) is 8.56.